The first kappa shape index (κ1) is 17.6. The number of fused-ring (bicyclic) bond motifs is 1. The molecule has 0 aromatic carbocycles. The van der Waals surface area contributed by atoms with Crippen LogP contribution in [0.4, 0.5) is 5.82 Å². The highest BCUT2D eigenvalue weighted by Crippen LogP contribution is 2.23. The van der Waals surface area contributed by atoms with E-state index in [0.717, 1.165) is 0 Å². The summed E-state index contributed by atoms with van der Waals surface area (Å²) in [6.07, 6.45) is 2.72. The summed E-state index contributed by atoms with van der Waals surface area (Å²) >= 11 is 0. The van der Waals surface area contributed by atoms with E-state index < -0.39 is 5.91 Å². The molecule has 2 N–H and O–H groups in total. The number of hydrogen-bond donors (Lipinski definition) is 1. The van der Waals surface area contributed by atoms with Gasteiger partial charge in [-0.05, 0) is 32.1 Å². The number of amides is 1. The van der Waals surface area contributed by atoms with Crippen LogP contribution in [0.2, 0.25) is 0 Å². The van der Waals surface area contributed by atoms with Gasteiger partial charge in [-0.1, -0.05) is 6.07 Å². The van der Waals surface area contributed by atoms with Gasteiger partial charge in [0.2, 0.25) is 0 Å². The summed E-state index contributed by atoms with van der Waals surface area (Å²) in [5.74, 6) is -0.475. The van der Waals surface area contributed by atoms with E-state index in [0.29, 0.717) is 24.6 Å². The lowest BCUT2D eigenvalue weighted by atomic mass is 10.1. The second-order valence-electron chi connectivity index (χ2n) is 6.28. The molecular weight excluding hydrogens is 334 g/mol. The Morgan fingerprint density at radius 3 is 2.69 bits per heavy atom. The number of rotatable bonds is 3. The summed E-state index contributed by atoms with van der Waals surface area (Å²) in [6.45, 7) is 4.96. The molecule has 8 heteroatoms. The highest BCUT2D eigenvalue weighted by Gasteiger charge is 2.26. The van der Waals surface area contributed by atoms with E-state index in [2.05, 4.69) is 4.98 Å². The minimum Gasteiger partial charge on any atom is -0.372 e. The zero-order valence-electron chi connectivity index (χ0n) is 14.5. The standard InChI is InChI=1S/C18H19N5O3/c1-11-9-22(10-12(2)26-11)17-14(7-13(8-19)16(20)24)18(25)23-6-4-3-5-15(23)21-17/h3-7,11-12H,9-10H2,1-2H3,(H2,20,24)/b13-7+/t11-,12-/m1/s1. The Hall–Kier alpha value is -3.18. The third kappa shape index (κ3) is 3.30. The fraction of sp³-hybridized carbons (Fsp3) is 0.333. The lowest BCUT2D eigenvalue weighted by Gasteiger charge is -2.36. The highest BCUT2D eigenvalue weighted by molar-refractivity contribution is 6.01. The Bertz CT molecular complexity index is 978. The number of nitrogens with two attached hydrogens (primary N) is 1. The summed E-state index contributed by atoms with van der Waals surface area (Å²) in [5.41, 5.74) is 5.21. The van der Waals surface area contributed by atoms with Crippen LogP contribution in [-0.4, -0.2) is 40.6 Å². The molecule has 2 aromatic rings. The van der Waals surface area contributed by atoms with Crippen LogP contribution in [-0.2, 0) is 9.53 Å². The fourth-order valence-electron chi connectivity index (χ4n) is 3.11. The highest BCUT2D eigenvalue weighted by atomic mass is 16.5. The third-order valence-electron chi connectivity index (χ3n) is 4.14. The second kappa shape index (κ2) is 6.98. The Morgan fingerprint density at radius 2 is 2.08 bits per heavy atom. The molecule has 26 heavy (non-hydrogen) atoms. The van der Waals surface area contributed by atoms with Crippen molar-refractivity contribution >= 4 is 23.4 Å². The van der Waals surface area contributed by atoms with Gasteiger partial charge in [0.25, 0.3) is 11.5 Å². The van der Waals surface area contributed by atoms with Gasteiger partial charge in [0, 0.05) is 19.3 Å². The molecule has 0 spiro atoms. The van der Waals surface area contributed by atoms with Gasteiger partial charge in [0.1, 0.15) is 23.1 Å². The van der Waals surface area contributed by atoms with Gasteiger partial charge >= 0.3 is 0 Å². The first-order valence-corrected chi connectivity index (χ1v) is 8.24. The number of carbonyl (C=O) groups excluding carboxylic acids is 1. The molecule has 3 rings (SSSR count). The number of nitriles is 1. The number of hydrogen-bond acceptors (Lipinski definition) is 6. The minimum atomic E-state index is -0.889. The Morgan fingerprint density at radius 1 is 1.38 bits per heavy atom. The van der Waals surface area contributed by atoms with Gasteiger partial charge in [0.05, 0.1) is 17.8 Å². The molecule has 0 radical (unpaired) electrons. The van der Waals surface area contributed by atoms with E-state index in [1.165, 1.54) is 10.5 Å². The normalized spacial score (nSPS) is 20.8. The average molecular weight is 353 g/mol. The maximum Gasteiger partial charge on any atom is 0.267 e. The zero-order chi connectivity index (χ0) is 18.8. The zero-order valence-corrected chi connectivity index (χ0v) is 14.5. The summed E-state index contributed by atoms with van der Waals surface area (Å²) < 4.78 is 7.11. The Labute approximate surface area is 150 Å². The van der Waals surface area contributed by atoms with Crippen LogP contribution in [0.25, 0.3) is 11.7 Å². The molecule has 0 unspecified atom stereocenters. The molecule has 0 saturated carbocycles. The van der Waals surface area contributed by atoms with Gasteiger partial charge < -0.3 is 15.4 Å². The summed E-state index contributed by atoms with van der Waals surface area (Å²) in [7, 11) is 0. The van der Waals surface area contributed by atoms with Crippen molar-refractivity contribution in [2.45, 2.75) is 26.1 Å². The van der Waals surface area contributed by atoms with Crippen molar-refractivity contribution in [1.29, 1.82) is 5.26 Å². The van der Waals surface area contributed by atoms with Gasteiger partial charge in [-0.25, -0.2) is 4.98 Å². The quantitative estimate of drug-likeness (QED) is 0.642. The predicted molar refractivity (Wildman–Crippen MR) is 96.5 cm³/mol. The maximum atomic E-state index is 13.0. The molecule has 1 amide bonds. The van der Waals surface area contributed by atoms with Crippen molar-refractivity contribution < 1.29 is 9.53 Å². The van der Waals surface area contributed by atoms with Gasteiger partial charge in [0.15, 0.2) is 0 Å². The third-order valence-corrected chi connectivity index (χ3v) is 4.14. The van der Waals surface area contributed by atoms with Crippen molar-refractivity contribution in [3.63, 3.8) is 0 Å². The first-order valence-electron chi connectivity index (χ1n) is 8.24. The lowest BCUT2D eigenvalue weighted by Crippen LogP contribution is -2.46. The van der Waals surface area contributed by atoms with Crippen molar-refractivity contribution in [3.8, 4) is 6.07 Å². The number of pyridine rings is 1. The molecule has 134 valence electrons. The summed E-state index contributed by atoms with van der Waals surface area (Å²) in [5, 5.41) is 9.17. The van der Waals surface area contributed by atoms with E-state index in [4.69, 9.17) is 15.7 Å². The van der Waals surface area contributed by atoms with Gasteiger partial charge in [-0.15, -0.1) is 0 Å². The molecule has 2 aromatic heterocycles. The van der Waals surface area contributed by atoms with Crippen molar-refractivity contribution in [2.75, 3.05) is 18.0 Å². The molecule has 3 heterocycles. The van der Waals surface area contributed by atoms with E-state index in [-0.39, 0.29) is 28.9 Å². The molecule has 1 aliphatic heterocycles. The number of morpholine rings is 1. The molecule has 8 nitrogen and oxygen atoms in total. The van der Waals surface area contributed by atoms with Gasteiger partial charge in [-0.3, -0.25) is 14.0 Å². The number of carbonyl (C=O) groups is 1. The smallest absolute Gasteiger partial charge is 0.267 e. The van der Waals surface area contributed by atoms with Crippen LogP contribution in [0.5, 0.6) is 0 Å². The molecule has 1 fully saturated rings. The van der Waals surface area contributed by atoms with E-state index in [1.807, 2.05) is 18.7 Å². The summed E-state index contributed by atoms with van der Waals surface area (Å²) in [6, 6.07) is 6.96. The van der Waals surface area contributed by atoms with Crippen LogP contribution in [0.3, 0.4) is 0 Å². The van der Waals surface area contributed by atoms with E-state index >= 15 is 0 Å². The molecule has 1 aliphatic rings. The molecule has 0 bridgehead atoms. The molecule has 1 saturated heterocycles. The molecule has 2 atom stereocenters. The van der Waals surface area contributed by atoms with Crippen LogP contribution >= 0.6 is 0 Å². The van der Waals surface area contributed by atoms with Crippen LogP contribution in [0.1, 0.15) is 19.4 Å². The SMILES string of the molecule is C[C@@H]1CN(c2nc3ccccn3c(=O)c2/C=C(\C#N)C(N)=O)C[C@@H](C)O1. The monoisotopic (exact) mass is 353 g/mol. The Balaban J connectivity index is 2.26. The number of ether oxygens (including phenoxy) is 1. The predicted octanol–water partition coefficient (Wildman–Crippen LogP) is 0.700. The fourth-order valence-corrected chi connectivity index (χ4v) is 3.11. The van der Waals surface area contributed by atoms with Crippen molar-refractivity contribution in [3.05, 3.63) is 45.9 Å². The number of anilines is 1. The first-order chi connectivity index (χ1) is 12.4. The van der Waals surface area contributed by atoms with Crippen molar-refractivity contribution in [2.24, 2.45) is 5.73 Å². The van der Waals surface area contributed by atoms with Crippen LogP contribution < -0.4 is 16.2 Å². The van der Waals surface area contributed by atoms with Crippen LogP contribution in [0, 0.1) is 11.3 Å². The molecule has 0 aliphatic carbocycles. The maximum absolute atomic E-state index is 13.0. The van der Waals surface area contributed by atoms with Crippen molar-refractivity contribution in [1.82, 2.24) is 9.38 Å². The largest absolute Gasteiger partial charge is 0.372 e. The second-order valence-corrected chi connectivity index (χ2v) is 6.28. The Kier molecular flexibility index (Phi) is 4.73. The van der Waals surface area contributed by atoms with E-state index in [9.17, 15) is 9.59 Å². The number of primary amides is 1. The van der Waals surface area contributed by atoms with Crippen LogP contribution in [0.15, 0.2) is 34.8 Å². The summed E-state index contributed by atoms with van der Waals surface area (Å²) in [4.78, 5) is 31.0. The topological polar surface area (TPSA) is 114 Å². The molecular formula is C18H19N5O3. The lowest BCUT2D eigenvalue weighted by molar-refractivity contribution is -0.114. The minimum absolute atomic E-state index is 0.0433. The van der Waals surface area contributed by atoms with Gasteiger partial charge in [-0.2, -0.15) is 5.26 Å². The average Bonchev–Trinajstić information content (AvgIpc) is 2.59. The number of nitrogens with zero attached hydrogens (tertiary/aromatic N) is 4. The van der Waals surface area contributed by atoms with E-state index in [1.54, 1.807) is 30.5 Å². The number of aromatic nitrogens is 2.